The van der Waals surface area contributed by atoms with Crippen LogP contribution in [0.3, 0.4) is 0 Å². The highest BCUT2D eigenvalue weighted by molar-refractivity contribution is 5.99. The molecule has 1 amide bonds. The standard InChI is InChI=1S/C23H27N3O3/c1-5-11-26-16(2)12-20(17(26)3)13-21(14-24)23(28)29-18(4)22(27)25-15-19-9-7-6-8-10-19/h6-10,12-13,18H,5,11,15H2,1-4H3,(H,25,27)/b21-13+/t18-/m1/s1. The molecule has 0 aliphatic heterocycles. The Kier molecular flexibility index (Phi) is 7.79. The molecule has 0 radical (unpaired) electrons. The third-order valence-electron chi connectivity index (χ3n) is 4.66. The molecule has 29 heavy (non-hydrogen) atoms. The molecular formula is C23H27N3O3. The highest BCUT2D eigenvalue weighted by Crippen LogP contribution is 2.19. The van der Waals surface area contributed by atoms with Crippen molar-refractivity contribution in [3.05, 3.63) is 64.5 Å². The van der Waals surface area contributed by atoms with Crippen molar-refractivity contribution < 1.29 is 14.3 Å². The molecule has 0 aliphatic carbocycles. The van der Waals surface area contributed by atoms with E-state index < -0.39 is 18.0 Å². The molecule has 0 bridgehead atoms. The maximum absolute atomic E-state index is 12.4. The van der Waals surface area contributed by atoms with Crippen molar-refractivity contribution in [2.75, 3.05) is 0 Å². The average molecular weight is 393 g/mol. The van der Waals surface area contributed by atoms with Crippen LogP contribution in [-0.4, -0.2) is 22.5 Å². The lowest BCUT2D eigenvalue weighted by molar-refractivity contribution is -0.150. The number of hydrogen-bond acceptors (Lipinski definition) is 4. The fourth-order valence-corrected chi connectivity index (χ4v) is 3.04. The number of nitriles is 1. The lowest BCUT2D eigenvalue weighted by atomic mass is 10.1. The van der Waals surface area contributed by atoms with Gasteiger partial charge in [-0.2, -0.15) is 5.26 Å². The molecule has 2 rings (SSSR count). The van der Waals surface area contributed by atoms with E-state index in [1.165, 1.54) is 13.0 Å². The van der Waals surface area contributed by atoms with Crippen molar-refractivity contribution in [1.29, 1.82) is 5.26 Å². The van der Waals surface area contributed by atoms with Crippen LogP contribution in [0, 0.1) is 25.2 Å². The van der Waals surface area contributed by atoms with Gasteiger partial charge < -0.3 is 14.6 Å². The van der Waals surface area contributed by atoms with E-state index in [0.29, 0.717) is 6.54 Å². The fourth-order valence-electron chi connectivity index (χ4n) is 3.04. The van der Waals surface area contributed by atoms with Crippen molar-refractivity contribution in [3.63, 3.8) is 0 Å². The van der Waals surface area contributed by atoms with E-state index in [1.807, 2.05) is 56.3 Å². The summed E-state index contributed by atoms with van der Waals surface area (Å²) in [5, 5.41) is 12.1. The smallest absolute Gasteiger partial charge is 0.349 e. The van der Waals surface area contributed by atoms with E-state index in [1.54, 1.807) is 0 Å². The molecule has 0 aliphatic rings. The molecule has 1 aromatic carbocycles. The summed E-state index contributed by atoms with van der Waals surface area (Å²) >= 11 is 0. The summed E-state index contributed by atoms with van der Waals surface area (Å²) in [6.45, 7) is 8.73. The lowest BCUT2D eigenvalue weighted by Gasteiger charge is -2.13. The van der Waals surface area contributed by atoms with E-state index in [-0.39, 0.29) is 5.57 Å². The zero-order valence-corrected chi connectivity index (χ0v) is 17.4. The van der Waals surface area contributed by atoms with Gasteiger partial charge in [-0.25, -0.2) is 4.79 Å². The van der Waals surface area contributed by atoms with Gasteiger partial charge in [0.05, 0.1) is 0 Å². The quantitative estimate of drug-likeness (QED) is 0.421. The number of nitrogens with one attached hydrogen (secondary N) is 1. The highest BCUT2D eigenvalue weighted by atomic mass is 16.5. The van der Waals surface area contributed by atoms with E-state index in [2.05, 4.69) is 16.8 Å². The molecule has 2 aromatic rings. The number of nitrogens with zero attached hydrogens (tertiary/aromatic N) is 2. The van der Waals surface area contributed by atoms with Crippen LogP contribution in [0.15, 0.2) is 42.0 Å². The van der Waals surface area contributed by atoms with Gasteiger partial charge in [0.25, 0.3) is 5.91 Å². The third-order valence-corrected chi connectivity index (χ3v) is 4.66. The largest absolute Gasteiger partial charge is 0.448 e. The van der Waals surface area contributed by atoms with Gasteiger partial charge in [-0.1, -0.05) is 37.3 Å². The number of esters is 1. The molecule has 0 spiro atoms. The number of carbonyl (C=O) groups is 2. The highest BCUT2D eigenvalue weighted by Gasteiger charge is 2.21. The molecule has 152 valence electrons. The van der Waals surface area contributed by atoms with Crippen LogP contribution in [0.1, 0.15) is 42.8 Å². The van der Waals surface area contributed by atoms with Gasteiger partial charge in [-0.15, -0.1) is 0 Å². The van der Waals surface area contributed by atoms with E-state index in [0.717, 1.165) is 35.5 Å². The lowest BCUT2D eigenvalue weighted by Crippen LogP contribution is -2.35. The van der Waals surface area contributed by atoms with Crippen molar-refractivity contribution in [2.24, 2.45) is 0 Å². The van der Waals surface area contributed by atoms with Crippen molar-refractivity contribution in [2.45, 2.75) is 53.3 Å². The monoisotopic (exact) mass is 393 g/mol. The second kappa shape index (κ2) is 10.3. The molecule has 0 fully saturated rings. The molecule has 0 saturated carbocycles. The van der Waals surface area contributed by atoms with E-state index >= 15 is 0 Å². The Balaban J connectivity index is 2.03. The molecule has 1 heterocycles. The molecule has 1 N–H and O–H groups in total. The Hall–Kier alpha value is -3.33. The maximum atomic E-state index is 12.4. The zero-order valence-electron chi connectivity index (χ0n) is 17.4. The number of carbonyl (C=O) groups excluding carboxylic acids is 2. The normalized spacial score (nSPS) is 12.2. The summed E-state index contributed by atoms with van der Waals surface area (Å²) in [6, 6.07) is 13.3. The number of rotatable bonds is 8. The summed E-state index contributed by atoms with van der Waals surface area (Å²) in [6.07, 6.45) is 1.50. The van der Waals surface area contributed by atoms with Gasteiger partial charge in [-0.05, 0) is 50.5 Å². The average Bonchev–Trinajstić information content (AvgIpc) is 2.98. The number of amides is 1. The zero-order chi connectivity index (χ0) is 21.4. The number of benzene rings is 1. The summed E-state index contributed by atoms with van der Waals surface area (Å²) in [7, 11) is 0. The van der Waals surface area contributed by atoms with Gasteiger partial charge in [0.15, 0.2) is 6.10 Å². The first-order valence-electron chi connectivity index (χ1n) is 9.68. The van der Waals surface area contributed by atoms with Crippen LogP contribution in [0.25, 0.3) is 6.08 Å². The van der Waals surface area contributed by atoms with Crippen LogP contribution in [0.2, 0.25) is 0 Å². The molecule has 6 nitrogen and oxygen atoms in total. The number of hydrogen-bond donors (Lipinski definition) is 1. The predicted molar refractivity (Wildman–Crippen MR) is 112 cm³/mol. The summed E-state index contributed by atoms with van der Waals surface area (Å²) in [5.74, 6) is -1.23. The maximum Gasteiger partial charge on any atom is 0.349 e. The Labute approximate surface area is 171 Å². The molecule has 1 aromatic heterocycles. The third kappa shape index (κ3) is 5.82. The predicted octanol–water partition coefficient (Wildman–Crippen LogP) is 3.67. The Morgan fingerprint density at radius 2 is 1.97 bits per heavy atom. The Morgan fingerprint density at radius 3 is 2.59 bits per heavy atom. The van der Waals surface area contributed by atoms with Crippen LogP contribution >= 0.6 is 0 Å². The van der Waals surface area contributed by atoms with E-state index in [9.17, 15) is 14.9 Å². The minimum Gasteiger partial charge on any atom is -0.448 e. The number of aryl methyl sites for hydroxylation is 1. The van der Waals surface area contributed by atoms with Gasteiger partial charge >= 0.3 is 5.97 Å². The summed E-state index contributed by atoms with van der Waals surface area (Å²) < 4.78 is 7.35. The van der Waals surface area contributed by atoms with Gasteiger partial charge in [0, 0.05) is 24.5 Å². The van der Waals surface area contributed by atoms with E-state index in [4.69, 9.17) is 4.74 Å². The minimum absolute atomic E-state index is 0.135. The first-order valence-corrected chi connectivity index (χ1v) is 9.68. The van der Waals surface area contributed by atoms with Crippen LogP contribution in [0.5, 0.6) is 0 Å². The first-order chi connectivity index (χ1) is 13.9. The second-order valence-corrected chi connectivity index (χ2v) is 6.90. The first kappa shape index (κ1) is 22.0. The fraction of sp³-hybridized carbons (Fsp3) is 0.348. The van der Waals surface area contributed by atoms with Gasteiger partial charge in [0.1, 0.15) is 11.6 Å². The van der Waals surface area contributed by atoms with Crippen molar-refractivity contribution >= 4 is 18.0 Å². The number of ether oxygens (including phenoxy) is 1. The van der Waals surface area contributed by atoms with Crippen molar-refractivity contribution in [1.82, 2.24) is 9.88 Å². The van der Waals surface area contributed by atoms with Gasteiger partial charge in [0.2, 0.25) is 0 Å². The molecular weight excluding hydrogens is 366 g/mol. The van der Waals surface area contributed by atoms with Crippen molar-refractivity contribution in [3.8, 4) is 6.07 Å². The number of aromatic nitrogens is 1. The second-order valence-electron chi connectivity index (χ2n) is 6.90. The molecule has 0 saturated heterocycles. The summed E-state index contributed by atoms with van der Waals surface area (Å²) in [5.41, 5.74) is 3.66. The Bertz CT molecular complexity index is 936. The topological polar surface area (TPSA) is 84.1 Å². The minimum atomic E-state index is -1.00. The van der Waals surface area contributed by atoms with Gasteiger partial charge in [-0.3, -0.25) is 4.79 Å². The Morgan fingerprint density at radius 1 is 1.28 bits per heavy atom. The van der Waals surface area contributed by atoms with Crippen LogP contribution in [-0.2, 0) is 27.4 Å². The van der Waals surface area contributed by atoms with Crippen LogP contribution < -0.4 is 5.32 Å². The SMILES string of the molecule is CCCn1c(C)cc(/C=C(\C#N)C(=O)O[C@H](C)C(=O)NCc2ccccc2)c1C. The molecule has 0 unspecified atom stereocenters. The van der Waals surface area contributed by atoms with Crippen LogP contribution in [0.4, 0.5) is 0 Å². The summed E-state index contributed by atoms with van der Waals surface area (Å²) in [4.78, 5) is 24.6. The molecule has 1 atom stereocenters. The molecule has 6 heteroatoms.